The normalized spacial score (nSPS) is 13.9. The van der Waals surface area contributed by atoms with Gasteiger partial charge in [0.05, 0.1) is 5.41 Å². The Kier molecular flexibility index (Phi) is 3.64. The molecule has 5 rings (SSSR count). The van der Waals surface area contributed by atoms with Crippen molar-refractivity contribution >= 4 is 0 Å². The zero-order valence-corrected chi connectivity index (χ0v) is 15.2. The van der Waals surface area contributed by atoms with Gasteiger partial charge in [-0.3, -0.25) is 0 Å². The van der Waals surface area contributed by atoms with Crippen molar-refractivity contribution in [3.05, 3.63) is 130 Å². The number of aromatic hydroxyl groups is 2. The van der Waals surface area contributed by atoms with Gasteiger partial charge in [0.25, 0.3) is 0 Å². The molecule has 2 N–H and O–H groups in total. The molecule has 2 nitrogen and oxygen atoms in total. The Hall–Kier alpha value is -3.70. The van der Waals surface area contributed by atoms with Crippen LogP contribution in [-0.2, 0) is 11.8 Å². The Morgan fingerprint density at radius 3 is 1.82 bits per heavy atom. The van der Waals surface area contributed by atoms with E-state index in [0.29, 0.717) is 0 Å². The highest BCUT2D eigenvalue weighted by atomic mass is 16.3. The fourth-order valence-corrected chi connectivity index (χ4v) is 4.49. The third-order valence-corrected chi connectivity index (χ3v) is 5.66. The maximum absolute atomic E-state index is 9.89. The Balaban J connectivity index is 1.94. The topological polar surface area (TPSA) is 40.5 Å². The molecule has 0 amide bonds. The molecule has 2 heteroatoms. The first-order valence-electron chi connectivity index (χ1n) is 9.29. The smallest absolute Gasteiger partial charge is 0.167 e. The maximum atomic E-state index is 9.89. The summed E-state index contributed by atoms with van der Waals surface area (Å²) in [7, 11) is 0. The molecule has 0 atom stereocenters. The summed E-state index contributed by atoms with van der Waals surface area (Å²) in [6.45, 7) is 0. The van der Waals surface area contributed by atoms with Gasteiger partial charge in [-0.1, -0.05) is 66.7 Å². The number of fused-ring (bicyclic) bond motifs is 2. The lowest BCUT2D eigenvalue weighted by Crippen LogP contribution is -2.35. The quantitative estimate of drug-likeness (QED) is 0.465. The maximum Gasteiger partial charge on any atom is 0.167 e. The fraction of sp³-hybridized carbons (Fsp3) is 0.0769. The SMILES string of the molecule is Oc1c#cc(C2(c3ccc(O)cc3)c3ccccc3Cc3ccccc32)cc1. The van der Waals surface area contributed by atoms with Crippen LogP contribution in [-0.4, -0.2) is 10.2 Å². The van der Waals surface area contributed by atoms with Crippen molar-refractivity contribution < 1.29 is 10.2 Å². The van der Waals surface area contributed by atoms with Crippen LogP contribution in [0.2, 0.25) is 0 Å². The lowest BCUT2D eigenvalue weighted by Gasteiger charge is -2.41. The van der Waals surface area contributed by atoms with Crippen LogP contribution in [0.15, 0.2) is 84.9 Å². The van der Waals surface area contributed by atoms with Crippen molar-refractivity contribution in [2.45, 2.75) is 11.8 Å². The molecule has 0 saturated carbocycles. The van der Waals surface area contributed by atoms with Gasteiger partial charge < -0.3 is 10.2 Å². The fourth-order valence-electron chi connectivity index (χ4n) is 4.49. The molecular formula is C26H18O2. The van der Waals surface area contributed by atoms with E-state index < -0.39 is 5.41 Å². The Morgan fingerprint density at radius 1 is 0.643 bits per heavy atom. The molecular weight excluding hydrogens is 344 g/mol. The minimum absolute atomic E-state index is 0.0713. The summed E-state index contributed by atoms with van der Waals surface area (Å²) in [5.41, 5.74) is 6.26. The van der Waals surface area contributed by atoms with Crippen molar-refractivity contribution in [3.63, 3.8) is 0 Å². The summed E-state index contributed by atoms with van der Waals surface area (Å²) in [5, 5.41) is 19.7. The Morgan fingerprint density at radius 2 is 1.25 bits per heavy atom. The lowest BCUT2D eigenvalue weighted by molar-refractivity contribution is 0.474. The minimum Gasteiger partial charge on any atom is -0.508 e. The molecule has 28 heavy (non-hydrogen) atoms. The molecule has 0 heterocycles. The van der Waals surface area contributed by atoms with Gasteiger partial charge in [0.2, 0.25) is 0 Å². The number of rotatable bonds is 2. The molecule has 134 valence electrons. The van der Waals surface area contributed by atoms with Gasteiger partial charge in [-0.05, 0) is 64.6 Å². The second-order valence-electron chi connectivity index (χ2n) is 7.17. The number of hydrogen-bond acceptors (Lipinski definition) is 2. The van der Waals surface area contributed by atoms with Crippen LogP contribution in [0, 0.1) is 12.1 Å². The second kappa shape index (κ2) is 6.18. The van der Waals surface area contributed by atoms with Crippen LogP contribution in [0.25, 0.3) is 0 Å². The molecule has 1 aliphatic carbocycles. The number of hydrogen-bond donors (Lipinski definition) is 2. The molecule has 4 aromatic carbocycles. The molecule has 4 aromatic rings. The second-order valence-corrected chi connectivity index (χ2v) is 7.17. The first kappa shape index (κ1) is 16.5. The van der Waals surface area contributed by atoms with Crippen molar-refractivity contribution in [1.82, 2.24) is 0 Å². The van der Waals surface area contributed by atoms with E-state index in [0.717, 1.165) is 17.5 Å². The standard InChI is InChI=1S/C26H18O2/c27-22-13-9-20(10-14-22)26(21-11-15-23(28)16-12-21)24-7-3-1-5-18(24)17-19-6-2-4-8-25(19)26/h1-11,13-15,27-28H,17H2. The van der Waals surface area contributed by atoms with E-state index in [-0.39, 0.29) is 11.5 Å². The van der Waals surface area contributed by atoms with Gasteiger partial charge in [-0.25, -0.2) is 0 Å². The lowest BCUT2D eigenvalue weighted by atomic mass is 9.60. The van der Waals surface area contributed by atoms with Crippen LogP contribution < -0.4 is 0 Å². The van der Waals surface area contributed by atoms with E-state index in [1.807, 2.05) is 18.2 Å². The largest absolute Gasteiger partial charge is 0.508 e. The molecule has 0 radical (unpaired) electrons. The first-order chi connectivity index (χ1) is 13.7. The molecule has 0 aromatic heterocycles. The average Bonchev–Trinajstić information content (AvgIpc) is 2.73. The highest BCUT2D eigenvalue weighted by Crippen LogP contribution is 2.50. The summed E-state index contributed by atoms with van der Waals surface area (Å²) in [4.78, 5) is 0. The van der Waals surface area contributed by atoms with Crippen LogP contribution in [0.1, 0.15) is 33.4 Å². The highest BCUT2D eigenvalue weighted by Gasteiger charge is 2.43. The molecule has 0 saturated heterocycles. The molecule has 0 fully saturated rings. The van der Waals surface area contributed by atoms with Gasteiger partial charge in [-0.15, -0.1) is 0 Å². The monoisotopic (exact) mass is 362 g/mol. The van der Waals surface area contributed by atoms with Crippen molar-refractivity contribution in [1.29, 1.82) is 0 Å². The highest BCUT2D eigenvalue weighted by molar-refractivity contribution is 5.66. The average molecular weight is 362 g/mol. The van der Waals surface area contributed by atoms with E-state index in [1.165, 1.54) is 22.3 Å². The molecule has 0 spiro atoms. The summed E-state index contributed by atoms with van der Waals surface area (Å²) < 4.78 is 0. The van der Waals surface area contributed by atoms with Crippen LogP contribution in [0.4, 0.5) is 0 Å². The Bertz CT molecular complexity index is 1050. The molecule has 0 aliphatic heterocycles. The van der Waals surface area contributed by atoms with E-state index >= 15 is 0 Å². The van der Waals surface area contributed by atoms with Crippen molar-refractivity contribution in [2.75, 3.05) is 0 Å². The van der Waals surface area contributed by atoms with Crippen LogP contribution in [0.3, 0.4) is 0 Å². The van der Waals surface area contributed by atoms with Crippen molar-refractivity contribution in [2.24, 2.45) is 0 Å². The summed E-state index contributed by atoms with van der Waals surface area (Å²) >= 11 is 0. The molecule has 1 aliphatic rings. The zero-order chi connectivity index (χ0) is 19.1. The Labute approximate surface area is 164 Å². The number of phenolic OH excluding ortho intramolecular Hbond substituents is 1. The van der Waals surface area contributed by atoms with E-state index in [1.54, 1.807) is 18.2 Å². The van der Waals surface area contributed by atoms with Crippen molar-refractivity contribution in [3.8, 4) is 11.5 Å². The molecule has 0 unspecified atom stereocenters. The predicted octanol–water partition coefficient (Wildman–Crippen LogP) is 4.99. The predicted molar refractivity (Wildman–Crippen MR) is 109 cm³/mol. The van der Waals surface area contributed by atoms with E-state index in [9.17, 15) is 10.2 Å². The van der Waals surface area contributed by atoms with Gasteiger partial charge in [0, 0.05) is 5.56 Å². The van der Waals surface area contributed by atoms with E-state index in [4.69, 9.17) is 0 Å². The zero-order valence-electron chi connectivity index (χ0n) is 15.2. The summed E-state index contributed by atoms with van der Waals surface area (Å²) in [6.07, 6.45) is 0.869. The van der Waals surface area contributed by atoms with Crippen LogP contribution in [0.5, 0.6) is 11.5 Å². The van der Waals surface area contributed by atoms with Gasteiger partial charge in [-0.2, -0.15) is 0 Å². The minimum atomic E-state index is -0.594. The third kappa shape index (κ3) is 2.30. The van der Waals surface area contributed by atoms with Gasteiger partial charge in [0.15, 0.2) is 5.75 Å². The third-order valence-electron chi connectivity index (χ3n) is 5.66. The van der Waals surface area contributed by atoms with Gasteiger partial charge >= 0.3 is 0 Å². The first-order valence-corrected chi connectivity index (χ1v) is 9.29. The van der Waals surface area contributed by atoms with E-state index in [2.05, 4.69) is 60.7 Å². The number of benzene rings is 3. The summed E-state index contributed by atoms with van der Waals surface area (Å²) in [5.74, 6) is 0.305. The van der Waals surface area contributed by atoms with Gasteiger partial charge in [0.1, 0.15) is 5.75 Å². The summed E-state index contributed by atoms with van der Waals surface area (Å²) in [6, 6.07) is 33.9. The molecule has 0 bridgehead atoms. The number of phenols is 1. The van der Waals surface area contributed by atoms with Crippen LogP contribution >= 0.6 is 0 Å².